The van der Waals surface area contributed by atoms with Crippen molar-refractivity contribution in [3.05, 3.63) is 23.4 Å². The van der Waals surface area contributed by atoms with E-state index in [2.05, 4.69) is 32.6 Å². The molecule has 1 aliphatic rings. The Bertz CT molecular complexity index is 520. The summed E-state index contributed by atoms with van der Waals surface area (Å²) in [6.45, 7) is 10.4. The lowest BCUT2D eigenvalue weighted by molar-refractivity contribution is 0.0696. The standard InChI is InChI=1S/C17H26N2O2/c1-5-12-7-6-8-19(11-12)15-10-13(16(20)21)9-14(18-15)17(2,3)4/h9-10,12H,5-8,11H2,1-4H3,(H,20,21). The Labute approximate surface area is 127 Å². The van der Waals surface area contributed by atoms with Gasteiger partial charge >= 0.3 is 5.97 Å². The number of aromatic carboxylic acids is 1. The molecular formula is C17H26N2O2. The van der Waals surface area contributed by atoms with E-state index < -0.39 is 5.97 Å². The molecule has 2 heterocycles. The van der Waals surface area contributed by atoms with E-state index >= 15 is 0 Å². The number of piperidine rings is 1. The van der Waals surface area contributed by atoms with E-state index in [9.17, 15) is 9.90 Å². The number of hydrogen-bond donors (Lipinski definition) is 1. The van der Waals surface area contributed by atoms with Crippen LogP contribution in [-0.2, 0) is 5.41 Å². The van der Waals surface area contributed by atoms with E-state index in [-0.39, 0.29) is 5.41 Å². The first-order valence-corrected chi connectivity index (χ1v) is 7.82. The molecule has 4 nitrogen and oxygen atoms in total. The smallest absolute Gasteiger partial charge is 0.335 e. The first-order valence-electron chi connectivity index (χ1n) is 7.82. The average molecular weight is 290 g/mol. The van der Waals surface area contributed by atoms with Gasteiger partial charge in [-0.1, -0.05) is 34.1 Å². The zero-order chi connectivity index (χ0) is 15.6. The zero-order valence-electron chi connectivity index (χ0n) is 13.5. The highest BCUT2D eigenvalue weighted by atomic mass is 16.4. The van der Waals surface area contributed by atoms with Gasteiger partial charge in [0.05, 0.1) is 5.56 Å². The molecule has 2 rings (SSSR count). The first kappa shape index (κ1) is 15.8. The summed E-state index contributed by atoms with van der Waals surface area (Å²) >= 11 is 0. The number of rotatable bonds is 3. The molecular weight excluding hydrogens is 264 g/mol. The highest BCUT2D eigenvalue weighted by Crippen LogP contribution is 2.28. The molecule has 21 heavy (non-hydrogen) atoms. The van der Waals surface area contributed by atoms with Crippen LogP contribution in [0.15, 0.2) is 12.1 Å². The molecule has 0 bridgehead atoms. The van der Waals surface area contributed by atoms with Crippen molar-refractivity contribution in [2.75, 3.05) is 18.0 Å². The van der Waals surface area contributed by atoms with Crippen molar-refractivity contribution in [3.8, 4) is 0 Å². The van der Waals surface area contributed by atoms with Crippen LogP contribution in [0.2, 0.25) is 0 Å². The van der Waals surface area contributed by atoms with Gasteiger partial charge < -0.3 is 10.0 Å². The Morgan fingerprint density at radius 3 is 2.71 bits per heavy atom. The third-order valence-corrected chi connectivity index (χ3v) is 4.25. The van der Waals surface area contributed by atoms with Crippen molar-refractivity contribution >= 4 is 11.8 Å². The van der Waals surface area contributed by atoms with Gasteiger partial charge in [-0.25, -0.2) is 9.78 Å². The minimum atomic E-state index is -0.881. The molecule has 1 saturated heterocycles. The monoisotopic (exact) mass is 290 g/mol. The maximum Gasteiger partial charge on any atom is 0.335 e. The van der Waals surface area contributed by atoms with Gasteiger partial charge in [0.15, 0.2) is 0 Å². The number of carboxylic acids is 1. The lowest BCUT2D eigenvalue weighted by Gasteiger charge is -2.34. The molecule has 1 atom stereocenters. The van der Waals surface area contributed by atoms with Crippen molar-refractivity contribution < 1.29 is 9.90 Å². The van der Waals surface area contributed by atoms with Gasteiger partial charge in [0.25, 0.3) is 0 Å². The van der Waals surface area contributed by atoms with Gasteiger partial charge in [-0.2, -0.15) is 0 Å². The molecule has 0 amide bonds. The summed E-state index contributed by atoms with van der Waals surface area (Å²) in [6, 6.07) is 3.42. The number of carboxylic acid groups (broad SMARTS) is 1. The lowest BCUT2D eigenvalue weighted by atomic mass is 9.90. The van der Waals surface area contributed by atoms with Gasteiger partial charge in [0.2, 0.25) is 0 Å². The summed E-state index contributed by atoms with van der Waals surface area (Å²) in [5.74, 6) is 0.623. The number of aromatic nitrogens is 1. The van der Waals surface area contributed by atoms with Crippen LogP contribution in [0.5, 0.6) is 0 Å². The Kier molecular flexibility index (Phi) is 4.55. The van der Waals surface area contributed by atoms with Crippen LogP contribution in [0.25, 0.3) is 0 Å². The molecule has 1 aromatic heterocycles. The topological polar surface area (TPSA) is 53.4 Å². The fourth-order valence-electron chi connectivity index (χ4n) is 2.79. The predicted octanol–water partition coefficient (Wildman–Crippen LogP) is 3.70. The van der Waals surface area contributed by atoms with Crippen molar-refractivity contribution in [2.45, 2.75) is 52.4 Å². The van der Waals surface area contributed by atoms with Gasteiger partial charge in [0, 0.05) is 24.2 Å². The summed E-state index contributed by atoms with van der Waals surface area (Å²) in [4.78, 5) is 18.4. The molecule has 0 radical (unpaired) electrons. The Morgan fingerprint density at radius 2 is 2.14 bits per heavy atom. The Balaban J connectivity index is 2.38. The largest absolute Gasteiger partial charge is 0.478 e. The molecule has 1 unspecified atom stereocenters. The predicted molar refractivity (Wildman–Crippen MR) is 85.1 cm³/mol. The number of hydrogen-bond acceptors (Lipinski definition) is 3. The number of nitrogens with zero attached hydrogens (tertiary/aromatic N) is 2. The highest BCUT2D eigenvalue weighted by Gasteiger charge is 2.24. The molecule has 0 saturated carbocycles. The van der Waals surface area contributed by atoms with Crippen LogP contribution in [0.3, 0.4) is 0 Å². The van der Waals surface area contributed by atoms with Crippen LogP contribution < -0.4 is 4.90 Å². The van der Waals surface area contributed by atoms with Crippen LogP contribution in [-0.4, -0.2) is 29.1 Å². The molecule has 1 aliphatic heterocycles. The summed E-state index contributed by atoms with van der Waals surface area (Å²) in [6.07, 6.45) is 3.58. The molecule has 1 fully saturated rings. The van der Waals surface area contributed by atoms with Gasteiger partial charge in [-0.3, -0.25) is 0 Å². The second-order valence-electron chi connectivity index (χ2n) is 7.02. The SMILES string of the molecule is CCC1CCCN(c2cc(C(=O)O)cc(C(C)(C)C)n2)C1. The van der Waals surface area contributed by atoms with Gasteiger partial charge in [0.1, 0.15) is 5.82 Å². The van der Waals surface area contributed by atoms with Crippen molar-refractivity contribution in [3.63, 3.8) is 0 Å². The molecule has 0 aromatic carbocycles. The van der Waals surface area contributed by atoms with Crippen molar-refractivity contribution in [1.29, 1.82) is 0 Å². The third-order valence-electron chi connectivity index (χ3n) is 4.25. The van der Waals surface area contributed by atoms with E-state index in [4.69, 9.17) is 4.98 Å². The summed E-state index contributed by atoms with van der Waals surface area (Å²) in [7, 11) is 0. The van der Waals surface area contributed by atoms with Crippen LogP contribution in [0.4, 0.5) is 5.82 Å². The van der Waals surface area contributed by atoms with Crippen LogP contribution in [0, 0.1) is 5.92 Å². The van der Waals surface area contributed by atoms with E-state index in [0.29, 0.717) is 11.5 Å². The number of pyridine rings is 1. The third kappa shape index (κ3) is 3.74. The highest BCUT2D eigenvalue weighted by molar-refractivity contribution is 5.88. The van der Waals surface area contributed by atoms with E-state index in [1.807, 2.05) is 0 Å². The van der Waals surface area contributed by atoms with Crippen molar-refractivity contribution in [2.24, 2.45) is 5.92 Å². The second kappa shape index (κ2) is 6.04. The lowest BCUT2D eigenvalue weighted by Crippen LogP contribution is -2.36. The molecule has 4 heteroatoms. The minimum Gasteiger partial charge on any atom is -0.478 e. The second-order valence-corrected chi connectivity index (χ2v) is 7.02. The molecule has 1 aromatic rings. The van der Waals surface area contributed by atoms with E-state index in [1.54, 1.807) is 12.1 Å². The summed E-state index contributed by atoms with van der Waals surface area (Å²) < 4.78 is 0. The Hall–Kier alpha value is -1.58. The summed E-state index contributed by atoms with van der Waals surface area (Å²) in [5, 5.41) is 9.35. The zero-order valence-corrected chi connectivity index (χ0v) is 13.5. The van der Waals surface area contributed by atoms with E-state index in [0.717, 1.165) is 31.0 Å². The first-order chi connectivity index (χ1) is 9.81. The maximum absolute atomic E-state index is 11.4. The molecule has 0 spiro atoms. The quantitative estimate of drug-likeness (QED) is 0.922. The van der Waals surface area contributed by atoms with Gasteiger partial charge in [-0.15, -0.1) is 0 Å². The number of anilines is 1. The molecule has 0 aliphatic carbocycles. The fourth-order valence-corrected chi connectivity index (χ4v) is 2.79. The summed E-state index contributed by atoms with van der Waals surface area (Å²) in [5.41, 5.74) is 1.03. The normalized spacial score (nSPS) is 19.6. The van der Waals surface area contributed by atoms with Gasteiger partial charge in [-0.05, 0) is 30.9 Å². The van der Waals surface area contributed by atoms with Crippen LogP contribution >= 0.6 is 0 Å². The van der Waals surface area contributed by atoms with E-state index in [1.165, 1.54) is 12.8 Å². The average Bonchev–Trinajstić information content (AvgIpc) is 2.46. The van der Waals surface area contributed by atoms with Crippen molar-refractivity contribution in [1.82, 2.24) is 4.98 Å². The molecule has 1 N–H and O–H groups in total. The number of carbonyl (C=O) groups is 1. The molecule has 116 valence electrons. The van der Waals surface area contributed by atoms with Crippen LogP contribution in [0.1, 0.15) is 63.0 Å². The Morgan fingerprint density at radius 1 is 1.43 bits per heavy atom. The minimum absolute atomic E-state index is 0.153. The maximum atomic E-state index is 11.4. The fraction of sp³-hybridized carbons (Fsp3) is 0.647.